The quantitative estimate of drug-likeness (QED) is 0.227. The minimum absolute atomic E-state index is 0.465. The molecule has 7 nitrogen and oxygen atoms in total. The number of nitrogens with zero attached hydrogens (tertiary/aromatic N) is 1. The number of piperidine rings is 1. The number of hydrazine groups is 2. The van der Waals surface area contributed by atoms with Crippen LogP contribution in [0.1, 0.15) is 24.8 Å². The summed E-state index contributed by atoms with van der Waals surface area (Å²) in [6.45, 7) is 3.19. The molecule has 0 saturated carbocycles. The molecule has 1 heterocycles. The molecule has 1 saturated heterocycles. The Kier molecular flexibility index (Phi) is 6.61. The van der Waals surface area contributed by atoms with Gasteiger partial charge in [0.15, 0.2) is 0 Å². The maximum Gasteiger partial charge on any atom is 0.343 e. The standard InChI is InChI=1S/C15H24ClN5O2/c16-13-5-2-1-4-12(13)15(23)6-10-21(11-7-15)9-3-8-18-20-14(22)19-17/h1-2,4-5,18,23H,3,6-11,17H2,(H2,19,20,22). The number of rotatable bonds is 6. The van der Waals surface area contributed by atoms with Crippen molar-refractivity contribution in [3.63, 3.8) is 0 Å². The van der Waals surface area contributed by atoms with Crippen LogP contribution in [0.25, 0.3) is 0 Å². The van der Waals surface area contributed by atoms with E-state index in [2.05, 4.69) is 15.8 Å². The van der Waals surface area contributed by atoms with Crippen LogP contribution in [0.5, 0.6) is 0 Å². The number of amides is 2. The van der Waals surface area contributed by atoms with E-state index in [4.69, 9.17) is 17.4 Å². The Morgan fingerprint density at radius 2 is 2.04 bits per heavy atom. The van der Waals surface area contributed by atoms with Crippen molar-refractivity contribution in [2.45, 2.75) is 24.9 Å². The Hall–Kier alpha value is -1.38. The molecule has 8 heteroatoms. The largest absolute Gasteiger partial charge is 0.385 e. The molecule has 1 aliphatic heterocycles. The Balaban J connectivity index is 1.72. The van der Waals surface area contributed by atoms with Gasteiger partial charge in [-0.25, -0.2) is 16.1 Å². The fourth-order valence-electron chi connectivity index (χ4n) is 2.82. The summed E-state index contributed by atoms with van der Waals surface area (Å²) in [7, 11) is 0. The summed E-state index contributed by atoms with van der Waals surface area (Å²) in [6.07, 6.45) is 2.21. The van der Waals surface area contributed by atoms with Gasteiger partial charge in [0.25, 0.3) is 0 Å². The first-order valence-electron chi connectivity index (χ1n) is 7.74. The van der Waals surface area contributed by atoms with Gasteiger partial charge in [-0.3, -0.25) is 10.9 Å². The highest BCUT2D eigenvalue weighted by molar-refractivity contribution is 6.31. The molecule has 0 aliphatic carbocycles. The summed E-state index contributed by atoms with van der Waals surface area (Å²) in [5, 5.41) is 11.5. The van der Waals surface area contributed by atoms with Crippen LogP contribution in [0.4, 0.5) is 4.79 Å². The highest BCUT2D eigenvalue weighted by Gasteiger charge is 2.35. The third kappa shape index (κ3) is 5.05. The lowest BCUT2D eigenvalue weighted by atomic mass is 9.84. The maximum atomic E-state index is 10.9. The Morgan fingerprint density at radius 3 is 2.70 bits per heavy atom. The smallest absolute Gasteiger partial charge is 0.343 e. The molecule has 0 radical (unpaired) electrons. The van der Waals surface area contributed by atoms with Gasteiger partial charge in [0.2, 0.25) is 0 Å². The van der Waals surface area contributed by atoms with Gasteiger partial charge < -0.3 is 10.0 Å². The first-order chi connectivity index (χ1) is 11.0. The number of urea groups is 1. The van der Waals surface area contributed by atoms with E-state index in [1.165, 1.54) is 0 Å². The van der Waals surface area contributed by atoms with Crippen molar-refractivity contribution in [1.82, 2.24) is 21.2 Å². The minimum atomic E-state index is -0.839. The Bertz CT molecular complexity index is 520. The number of likely N-dealkylation sites (tertiary alicyclic amines) is 1. The van der Waals surface area contributed by atoms with Crippen LogP contribution in [-0.2, 0) is 5.60 Å². The lowest BCUT2D eigenvalue weighted by molar-refractivity contribution is -0.0259. The normalized spacial score (nSPS) is 17.7. The number of benzene rings is 1. The van der Waals surface area contributed by atoms with Crippen LogP contribution in [0.3, 0.4) is 0 Å². The summed E-state index contributed by atoms with van der Waals surface area (Å²) >= 11 is 6.21. The van der Waals surface area contributed by atoms with E-state index in [0.717, 1.165) is 31.6 Å². The fourth-order valence-corrected chi connectivity index (χ4v) is 3.14. The number of carbonyl (C=O) groups is 1. The highest BCUT2D eigenvalue weighted by Crippen LogP contribution is 2.36. The first kappa shape index (κ1) is 18.0. The summed E-state index contributed by atoms with van der Waals surface area (Å²) in [5.74, 6) is 4.94. The lowest BCUT2D eigenvalue weighted by Gasteiger charge is -2.39. The van der Waals surface area contributed by atoms with Crippen molar-refractivity contribution in [1.29, 1.82) is 0 Å². The molecule has 128 valence electrons. The van der Waals surface area contributed by atoms with Crippen LogP contribution >= 0.6 is 11.6 Å². The van der Waals surface area contributed by atoms with Crippen LogP contribution in [0.2, 0.25) is 5.02 Å². The Morgan fingerprint density at radius 1 is 1.35 bits per heavy atom. The molecule has 6 N–H and O–H groups in total. The monoisotopic (exact) mass is 341 g/mol. The molecule has 0 unspecified atom stereocenters. The van der Waals surface area contributed by atoms with Crippen molar-refractivity contribution in [2.24, 2.45) is 5.84 Å². The number of nitrogens with one attached hydrogen (secondary N) is 3. The number of aliphatic hydroxyl groups is 1. The maximum absolute atomic E-state index is 10.9. The van der Waals surface area contributed by atoms with E-state index in [1.807, 2.05) is 29.7 Å². The highest BCUT2D eigenvalue weighted by atomic mass is 35.5. The van der Waals surface area contributed by atoms with Crippen molar-refractivity contribution >= 4 is 17.6 Å². The fraction of sp³-hybridized carbons (Fsp3) is 0.533. The van der Waals surface area contributed by atoms with E-state index < -0.39 is 11.6 Å². The van der Waals surface area contributed by atoms with Gasteiger partial charge in [0.05, 0.1) is 5.60 Å². The molecule has 1 aromatic carbocycles. The van der Waals surface area contributed by atoms with Crippen molar-refractivity contribution in [2.75, 3.05) is 26.2 Å². The summed E-state index contributed by atoms with van der Waals surface area (Å²) in [6, 6.07) is 7.03. The number of carbonyl (C=O) groups excluding carboxylic acids is 1. The van der Waals surface area contributed by atoms with Crippen LogP contribution in [0.15, 0.2) is 24.3 Å². The average Bonchev–Trinajstić information content (AvgIpc) is 2.56. The minimum Gasteiger partial charge on any atom is -0.385 e. The van der Waals surface area contributed by atoms with Gasteiger partial charge in [0.1, 0.15) is 0 Å². The van der Waals surface area contributed by atoms with Crippen LogP contribution in [-0.4, -0.2) is 42.2 Å². The molecule has 1 aromatic rings. The zero-order chi connectivity index (χ0) is 16.7. The third-order valence-corrected chi connectivity index (χ3v) is 4.50. The molecule has 2 rings (SSSR count). The first-order valence-corrected chi connectivity index (χ1v) is 8.12. The number of halogens is 1. The van der Waals surface area contributed by atoms with Gasteiger partial charge in [-0.1, -0.05) is 29.8 Å². The van der Waals surface area contributed by atoms with E-state index in [0.29, 0.717) is 24.4 Å². The van der Waals surface area contributed by atoms with Gasteiger partial charge in [0, 0.05) is 30.2 Å². The second-order valence-corrected chi connectivity index (χ2v) is 6.14. The van der Waals surface area contributed by atoms with Gasteiger partial charge >= 0.3 is 6.03 Å². The van der Waals surface area contributed by atoms with Gasteiger partial charge in [-0.2, -0.15) is 0 Å². The van der Waals surface area contributed by atoms with E-state index in [1.54, 1.807) is 0 Å². The SMILES string of the molecule is NNC(=O)NNCCCN1CCC(O)(c2ccccc2Cl)CC1. The Labute approximate surface area is 141 Å². The zero-order valence-corrected chi connectivity index (χ0v) is 13.8. The molecule has 0 bridgehead atoms. The van der Waals surface area contributed by atoms with Crippen molar-refractivity contribution < 1.29 is 9.90 Å². The van der Waals surface area contributed by atoms with E-state index >= 15 is 0 Å². The van der Waals surface area contributed by atoms with Crippen molar-refractivity contribution in [3.05, 3.63) is 34.9 Å². The molecule has 0 spiro atoms. The van der Waals surface area contributed by atoms with Crippen LogP contribution in [0, 0.1) is 0 Å². The molecule has 2 amide bonds. The number of hydrogen-bond acceptors (Lipinski definition) is 5. The molecular weight excluding hydrogens is 318 g/mol. The van der Waals surface area contributed by atoms with E-state index in [9.17, 15) is 9.90 Å². The summed E-state index contributed by atoms with van der Waals surface area (Å²) < 4.78 is 0. The van der Waals surface area contributed by atoms with Crippen LogP contribution < -0.4 is 22.1 Å². The predicted molar refractivity (Wildman–Crippen MR) is 89.5 cm³/mol. The summed E-state index contributed by atoms with van der Waals surface area (Å²) in [4.78, 5) is 13.2. The van der Waals surface area contributed by atoms with Gasteiger partial charge in [-0.05, 0) is 31.9 Å². The molecular formula is C15H24ClN5O2. The average molecular weight is 342 g/mol. The third-order valence-electron chi connectivity index (χ3n) is 4.17. The molecule has 0 aromatic heterocycles. The molecule has 1 fully saturated rings. The second-order valence-electron chi connectivity index (χ2n) is 5.73. The molecule has 1 aliphatic rings. The molecule has 23 heavy (non-hydrogen) atoms. The summed E-state index contributed by atoms with van der Waals surface area (Å²) in [5.41, 5.74) is 7.16. The number of nitrogens with two attached hydrogens (primary N) is 1. The zero-order valence-electron chi connectivity index (χ0n) is 13.0. The lowest BCUT2D eigenvalue weighted by Crippen LogP contribution is -2.48. The van der Waals surface area contributed by atoms with Gasteiger partial charge in [-0.15, -0.1) is 0 Å². The molecule has 0 atom stereocenters. The predicted octanol–water partition coefficient (Wildman–Crippen LogP) is 0.691. The van der Waals surface area contributed by atoms with E-state index in [-0.39, 0.29) is 0 Å². The second kappa shape index (κ2) is 8.47. The van der Waals surface area contributed by atoms with Crippen molar-refractivity contribution in [3.8, 4) is 0 Å². The number of hydrogen-bond donors (Lipinski definition) is 5. The topological polar surface area (TPSA) is 103 Å².